The molecule has 0 saturated heterocycles. The van der Waals surface area contributed by atoms with Crippen LogP contribution in [0.15, 0.2) is 0 Å². The predicted molar refractivity (Wildman–Crippen MR) is 57.0 cm³/mol. The van der Waals surface area contributed by atoms with Crippen LogP contribution < -0.4 is 0 Å². The van der Waals surface area contributed by atoms with Gasteiger partial charge in [0.05, 0.1) is 0 Å². The van der Waals surface area contributed by atoms with Gasteiger partial charge in [-0.1, -0.05) is 25.7 Å². The molecule has 0 atom stereocenters. The molecular weight excluding hydrogens is 170 g/mol. The molecule has 0 unspecified atom stereocenters. The number of alkyl halides is 1. The molecule has 0 aliphatic heterocycles. The van der Waals surface area contributed by atoms with Crippen molar-refractivity contribution in [3.63, 3.8) is 0 Å². The maximum Gasteiger partial charge on any atom is 0.0223 e. The quantitative estimate of drug-likeness (QED) is 0.421. The first-order chi connectivity index (χ1) is 5.77. The number of hydrogen-bond acceptors (Lipinski definition) is 1. The lowest BCUT2D eigenvalue weighted by Crippen LogP contribution is -2.12. The standard InChI is InChI=1S/C10H22ClN/c1-12(2)10-8-6-4-3-5-7-9-11/h3-10H2,1-2H3. The number of halogens is 1. The molecule has 74 valence electrons. The van der Waals surface area contributed by atoms with E-state index in [1.807, 2.05) is 0 Å². The maximum absolute atomic E-state index is 5.58. The average molecular weight is 192 g/mol. The van der Waals surface area contributed by atoms with E-state index in [0.717, 1.165) is 5.88 Å². The third kappa shape index (κ3) is 10.2. The van der Waals surface area contributed by atoms with E-state index in [1.165, 1.54) is 45.1 Å². The molecule has 0 rings (SSSR count). The first-order valence-corrected chi connectivity index (χ1v) is 5.51. The zero-order chi connectivity index (χ0) is 9.23. The van der Waals surface area contributed by atoms with Gasteiger partial charge >= 0.3 is 0 Å². The average Bonchev–Trinajstić information content (AvgIpc) is 2.02. The Morgan fingerprint density at radius 3 is 1.83 bits per heavy atom. The molecule has 0 fully saturated rings. The van der Waals surface area contributed by atoms with Crippen molar-refractivity contribution in [2.45, 2.75) is 38.5 Å². The fourth-order valence-electron chi connectivity index (χ4n) is 1.23. The van der Waals surface area contributed by atoms with Gasteiger partial charge < -0.3 is 4.90 Å². The summed E-state index contributed by atoms with van der Waals surface area (Å²) in [7, 11) is 4.26. The summed E-state index contributed by atoms with van der Waals surface area (Å²) < 4.78 is 0. The summed E-state index contributed by atoms with van der Waals surface area (Å²) in [6.45, 7) is 1.23. The third-order valence-electron chi connectivity index (χ3n) is 1.99. The van der Waals surface area contributed by atoms with Gasteiger partial charge in [-0.05, 0) is 33.5 Å². The van der Waals surface area contributed by atoms with Gasteiger partial charge in [-0.15, -0.1) is 11.6 Å². The highest BCUT2D eigenvalue weighted by Gasteiger charge is 1.91. The van der Waals surface area contributed by atoms with Gasteiger partial charge in [-0.25, -0.2) is 0 Å². The smallest absolute Gasteiger partial charge is 0.0223 e. The van der Waals surface area contributed by atoms with E-state index in [0.29, 0.717) is 0 Å². The minimum absolute atomic E-state index is 0.831. The van der Waals surface area contributed by atoms with Crippen LogP contribution in [-0.2, 0) is 0 Å². The molecule has 0 radical (unpaired) electrons. The van der Waals surface area contributed by atoms with E-state index in [9.17, 15) is 0 Å². The number of hydrogen-bond donors (Lipinski definition) is 0. The Balaban J connectivity index is 2.82. The molecule has 12 heavy (non-hydrogen) atoms. The highest BCUT2D eigenvalue weighted by atomic mass is 35.5. The fraction of sp³-hybridized carbons (Fsp3) is 1.00. The minimum atomic E-state index is 0.831. The zero-order valence-electron chi connectivity index (χ0n) is 8.48. The number of nitrogens with zero attached hydrogens (tertiary/aromatic N) is 1. The second kappa shape index (κ2) is 9.34. The summed E-state index contributed by atoms with van der Waals surface area (Å²) in [5, 5.41) is 0. The van der Waals surface area contributed by atoms with Crippen LogP contribution in [0.1, 0.15) is 38.5 Å². The summed E-state index contributed by atoms with van der Waals surface area (Å²) in [6, 6.07) is 0. The van der Waals surface area contributed by atoms with Gasteiger partial charge in [-0.3, -0.25) is 0 Å². The molecule has 0 aromatic heterocycles. The van der Waals surface area contributed by atoms with Crippen LogP contribution in [0.2, 0.25) is 0 Å². The second-order valence-corrected chi connectivity index (χ2v) is 3.99. The van der Waals surface area contributed by atoms with Crippen LogP contribution in [0.25, 0.3) is 0 Å². The van der Waals surface area contributed by atoms with E-state index in [-0.39, 0.29) is 0 Å². The van der Waals surface area contributed by atoms with Crippen molar-refractivity contribution in [3.8, 4) is 0 Å². The molecule has 1 nitrogen and oxygen atoms in total. The Labute approximate surface area is 82.1 Å². The topological polar surface area (TPSA) is 3.24 Å². The minimum Gasteiger partial charge on any atom is -0.309 e. The Bertz CT molecular complexity index is 83.9. The summed E-state index contributed by atoms with van der Waals surface area (Å²) in [6.07, 6.45) is 7.96. The third-order valence-corrected chi connectivity index (χ3v) is 2.26. The van der Waals surface area contributed by atoms with Crippen molar-refractivity contribution in [1.29, 1.82) is 0 Å². The molecule has 0 aromatic carbocycles. The summed E-state index contributed by atoms with van der Waals surface area (Å²) in [5.74, 6) is 0.831. The van der Waals surface area contributed by atoms with Crippen LogP contribution in [0.3, 0.4) is 0 Å². The molecule has 0 N–H and O–H groups in total. The molecular formula is C10H22ClN. The van der Waals surface area contributed by atoms with E-state index < -0.39 is 0 Å². The Hall–Kier alpha value is 0.250. The lowest BCUT2D eigenvalue weighted by molar-refractivity contribution is 0.389. The van der Waals surface area contributed by atoms with Crippen molar-refractivity contribution in [3.05, 3.63) is 0 Å². The van der Waals surface area contributed by atoms with Gasteiger partial charge in [0, 0.05) is 5.88 Å². The predicted octanol–water partition coefficient (Wildman–Crippen LogP) is 3.13. The lowest BCUT2D eigenvalue weighted by atomic mass is 10.1. The van der Waals surface area contributed by atoms with Crippen molar-refractivity contribution in [2.24, 2.45) is 0 Å². The molecule has 0 aliphatic rings. The van der Waals surface area contributed by atoms with Crippen molar-refractivity contribution in [2.75, 3.05) is 26.5 Å². The van der Waals surface area contributed by atoms with Gasteiger partial charge in [0.25, 0.3) is 0 Å². The van der Waals surface area contributed by atoms with E-state index >= 15 is 0 Å². The molecule has 0 saturated carbocycles. The maximum atomic E-state index is 5.58. The van der Waals surface area contributed by atoms with Crippen LogP contribution in [-0.4, -0.2) is 31.4 Å². The molecule has 2 heteroatoms. The van der Waals surface area contributed by atoms with Crippen molar-refractivity contribution >= 4 is 11.6 Å². The summed E-state index contributed by atoms with van der Waals surface area (Å²) >= 11 is 5.58. The van der Waals surface area contributed by atoms with Crippen LogP contribution >= 0.6 is 11.6 Å². The van der Waals surface area contributed by atoms with E-state index in [2.05, 4.69) is 19.0 Å². The Morgan fingerprint density at radius 2 is 1.33 bits per heavy atom. The first-order valence-electron chi connectivity index (χ1n) is 4.98. The molecule has 0 spiro atoms. The zero-order valence-corrected chi connectivity index (χ0v) is 9.24. The highest BCUT2D eigenvalue weighted by molar-refractivity contribution is 6.17. The summed E-state index contributed by atoms with van der Waals surface area (Å²) in [4.78, 5) is 2.25. The van der Waals surface area contributed by atoms with E-state index in [4.69, 9.17) is 11.6 Å². The highest BCUT2D eigenvalue weighted by Crippen LogP contribution is 2.05. The fourth-order valence-corrected chi connectivity index (χ4v) is 1.42. The van der Waals surface area contributed by atoms with Gasteiger partial charge in [0.15, 0.2) is 0 Å². The van der Waals surface area contributed by atoms with Gasteiger partial charge in [0.1, 0.15) is 0 Å². The normalized spacial score (nSPS) is 11.0. The first kappa shape index (κ1) is 12.2. The van der Waals surface area contributed by atoms with Crippen molar-refractivity contribution in [1.82, 2.24) is 4.90 Å². The number of unbranched alkanes of at least 4 members (excludes halogenated alkanes) is 5. The molecule has 0 amide bonds. The van der Waals surface area contributed by atoms with Crippen molar-refractivity contribution < 1.29 is 0 Å². The Morgan fingerprint density at radius 1 is 0.833 bits per heavy atom. The van der Waals surface area contributed by atoms with Crippen LogP contribution in [0.5, 0.6) is 0 Å². The largest absolute Gasteiger partial charge is 0.309 e. The Kier molecular flexibility index (Phi) is 9.53. The lowest BCUT2D eigenvalue weighted by Gasteiger charge is -2.08. The monoisotopic (exact) mass is 191 g/mol. The number of rotatable bonds is 8. The van der Waals surface area contributed by atoms with E-state index in [1.54, 1.807) is 0 Å². The SMILES string of the molecule is CN(C)CCCCCCCCCl. The van der Waals surface area contributed by atoms with Crippen LogP contribution in [0.4, 0.5) is 0 Å². The summed E-state index contributed by atoms with van der Waals surface area (Å²) in [5.41, 5.74) is 0. The van der Waals surface area contributed by atoms with Gasteiger partial charge in [-0.2, -0.15) is 0 Å². The van der Waals surface area contributed by atoms with Gasteiger partial charge in [0.2, 0.25) is 0 Å². The second-order valence-electron chi connectivity index (χ2n) is 3.61. The molecule has 0 aromatic rings. The van der Waals surface area contributed by atoms with Crippen LogP contribution in [0, 0.1) is 0 Å². The molecule has 0 bridgehead atoms. The molecule has 0 heterocycles. The molecule has 0 aliphatic carbocycles.